The number of hydrogen-bond donors (Lipinski definition) is 0. The standard InChI is InChI=1S/C18H25NO2/c1-5-7-14-8-6-9-15(12-14)13-19(16-10-11-16)17(20)21-18(2,3)4/h5-6,8-9,12,16H,1,7,10-11,13H2,2-4H3. The Morgan fingerprint density at radius 1 is 1.38 bits per heavy atom. The Kier molecular flexibility index (Phi) is 4.71. The highest BCUT2D eigenvalue weighted by molar-refractivity contribution is 5.69. The summed E-state index contributed by atoms with van der Waals surface area (Å²) in [4.78, 5) is 14.2. The molecule has 0 heterocycles. The van der Waals surface area contributed by atoms with Gasteiger partial charge < -0.3 is 9.64 Å². The van der Waals surface area contributed by atoms with E-state index in [0.29, 0.717) is 12.6 Å². The Bertz CT molecular complexity index is 512. The molecule has 1 aliphatic carbocycles. The summed E-state index contributed by atoms with van der Waals surface area (Å²) in [7, 11) is 0. The van der Waals surface area contributed by atoms with Crippen LogP contribution in [0.25, 0.3) is 0 Å². The minimum Gasteiger partial charge on any atom is -0.444 e. The van der Waals surface area contributed by atoms with Gasteiger partial charge in [0.05, 0.1) is 0 Å². The summed E-state index contributed by atoms with van der Waals surface area (Å²) in [5.41, 5.74) is 1.92. The number of hydrogen-bond acceptors (Lipinski definition) is 2. The quantitative estimate of drug-likeness (QED) is 0.755. The van der Waals surface area contributed by atoms with Gasteiger partial charge in [-0.2, -0.15) is 0 Å². The molecule has 0 atom stereocenters. The van der Waals surface area contributed by atoms with Crippen molar-refractivity contribution in [3.05, 3.63) is 48.0 Å². The number of allylic oxidation sites excluding steroid dienone is 1. The molecule has 3 nitrogen and oxygen atoms in total. The molecular weight excluding hydrogens is 262 g/mol. The van der Waals surface area contributed by atoms with Crippen LogP contribution in [-0.2, 0) is 17.7 Å². The molecule has 0 saturated heterocycles. The molecule has 0 aromatic heterocycles. The first-order valence-corrected chi connectivity index (χ1v) is 7.57. The molecule has 0 spiro atoms. The van der Waals surface area contributed by atoms with E-state index in [1.54, 1.807) is 0 Å². The zero-order valence-electron chi connectivity index (χ0n) is 13.3. The molecule has 0 N–H and O–H groups in total. The van der Waals surface area contributed by atoms with E-state index in [1.807, 2.05) is 37.8 Å². The van der Waals surface area contributed by atoms with Gasteiger partial charge in [-0.05, 0) is 51.2 Å². The molecule has 1 saturated carbocycles. The number of carbonyl (C=O) groups excluding carboxylic acids is 1. The summed E-state index contributed by atoms with van der Waals surface area (Å²) in [5, 5.41) is 0. The van der Waals surface area contributed by atoms with Gasteiger partial charge in [-0.15, -0.1) is 6.58 Å². The highest BCUT2D eigenvalue weighted by Crippen LogP contribution is 2.30. The molecule has 1 aromatic rings. The summed E-state index contributed by atoms with van der Waals surface area (Å²) < 4.78 is 5.52. The van der Waals surface area contributed by atoms with E-state index in [0.717, 1.165) is 24.8 Å². The Balaban J connectivity index is 2.07. The van der Waals surface area contributed by atoms with Crippen LogP contribution in [0.4, 0.5) is 4.79 Å². The third-order valence-electron chi connectivity index (χ3n) is 3.34. The SMILES string of the molecule is C=CCc1cccc(CN(C(=O)OC(C)(C)C)C2CC2)c1. The van der Waals surface area contributed by atoms with E-state index < -0.39 is 5.60 Å². The number of amides is 1. The number of rotatable bonds is 5. The van der Waals surface area contributed by atoms with E-state index in [1.165, 1.54) is 5.56 Å². The van der Waals surface area contributed by atoms with E-state index >= 15 is 0 Å². The van der Waals surface area contributed by atoms with Crippen LogP contribution in [0.3, 0.4) is 0 Å². The lowest BCUT2D eigenvalue weighted by Crippen LogP contribution is -2.37. The average molecular weight is 287 g/mol. The molecule has 21 heavy (non-hydrogen) atoms. The number of ether oxygens (including phenoxy) is 1. The summed E-state index contributed by atoms with van der Waals surface area (Å²) >= 11 is 0. The lowest BCUT2D eigenvalue weighted by atomic mass is 10.1. The molecule has 0 radical (unpaired) electrons. The fourth-order valence-corrected chi connectivity index (χ4v) is 2.27. The third-order valence-corrected chi connectivity index (χ3v) is 3.34. The van der Waals surface area contributed by atoms with Crippen LogP contribution >= 0.6 is 0 Å². The maximum Gasteiger partial charge on any atom is 0.410 e. The van der Waals surface area contributed by atoms with Crippen LogP contribution in [0.1, 0.15) is 44.7 Å². The second-order valence-electron chi connectivity index (χ2n) is 6.65. The Morgan fingerprint density at radius 2 is 2.05 bits per heavy atom. The largest absolute Gasteiger partial charge is 0.444 e. The fraction of sp³-hybridized carbons (Fsp3) is 0.500. The number of carbonyl (C=O) groups is 1. The average Bonchev–Trinajstić information content (AvgIpc) is 3.19. The van der Waals surface area contributed by atoms with Gasteiger partial charge in [-0.3, -0.25) is 0 Å². The van der Waals surface area contributed by atoms with Crippen molar-refractivity contribution < 1.29 is 9.53 Å². The van der Waals surface area contributed by atoms with Gasteiger partial charge in [-0.1, -0.05) is 30.3 Å². The van der Waals surface area contributed by atoms with Crippen molar-refractivity contribution in [3.8, 4) is 0 Å². The van der Waals surface area contributed by atoms with Gasteiger partial charge in [0, 0.05) is 12.6 Å². The summed E-state index contributed by atoms with van der Waals surface area (Å²) in [6.45, 7) is 10.1. The van der Waals surface area contributed by atoms with Crippen molar-refractivity contribution >= 4 is 6.09 Å². The van der Waals surface area contributed by atoms with E-state index in [4.69, 9.17) is 4.74 Å². The molecule has 3 heteroatoms. The lowest BCUT2D eigenvalue weighted by molar-refractivity contribution is 0.0216. The number of benzene rings is 1. The molecular formula is C18H25NO2. The van der Waals surface area contributed by atoms with Gasteiger partial charge in [-0.25, -0.2) is 4.79 Å². The molecule has 114 valence electrons. The van der Waals surface area contributed by atoms with Crippen LogP contribution in [0.15, 0.2) is 36.9 Å². The minimum absolute atomic E-state index is 0.209. The maximum atomic E-state index is 12.3. The maximum absolute atomic E-state index is 12.3. The van der Waals surface area contributed by atoms with Crippen LogP contribution < -0.4 is 0 Å². The topological polar surface area (TPSA) is 29.5 Å². The van der Waals surface area contributed by atoms with Gasteiger partial charge >= 0.3 is 6.09 Å². The molecule has 0 aliphatic heterocycles. The predicted molar refractivity (Wildman–Crippen MR) is 85.1 cm³/mol. The summed E-state index contributed by atoms with van der Waals surface area (Å²) in [6, 6.07) is 8.66. The molecule has 2 rings (SSSR count). The van der Waals surface area contributed by atoms with E-state index in [-0.39, 0.29) is 6.09 Å². The molecule has 1 fully saturated rings. The first kappa shape index (κ1) is 15.6. The third kappa shape index (κ3) is 4.92. The van der Waals surface area contributed by atoms with Crippen molar-refractivity contribution in [1.82, 2.24) is 4.90 Å². The van der Waals surface area contributed by atoms with Crippen molar-refractivity contribution in [1.29, 1.82) is 0 Å². The van der Waals surface area contributed by atoms with Gasteiger partial charge in [0.25, 0.3) is 0 Å². The highest BCUT2D eigenvalue weighted by Gasteiger charge is 2.35. The Hall–Kier alpha value is -1.77. The summed E-state index contributed by atoms with van der Waals surface area (Å²) in [5.74, 6) is 0. The second kappa shape index (κ2) is 6.33. The van der Waals surface area contributed by atoms with Gasteiger partial charge in [0.15, 0.2) is 0 Å². The van der Waals surface area contributed by atoms with Gasteiger partial charge in [0.2, 0.25) is 0 Å². The monoisotopic (exact) mass is 287 g/mol. The van der Waals surface area contributed by atoms with Crippen LogP contribution in [0.2, 0.25) is 0 Å². The van der Waals surface area contributed by atoms with Crippen molar-refractivity contribution in [2.24, 2.45) is 0 Å². The van der Waals surface area contributed by atoms with Crippen LogP contribution in [0.5, 0.6) is 0 Å². The van der Waals surface area contributed by atoms with E-state index in [2.05, 4.69) is 24.8 Å². The van der Waals surface area contributed by atoms with Gasteiger partial charge in [0.1, 0.15) is 5.60 Å². The molecule has 0 bridgehead atoms. The first-order valence-electron chi connectivity index (χ1n) is 7.57. The zero-order chi connectivity index (χ0) is 15.5. The summed E-state index contributed by atoms with van der Waals surface area (Å²) in [6.07, 6.45) is 4.69. The van der Waals surface area contributed by atoms with Crippen molar-refractivity contribution in [2.75, 3.05) is 0 Å². The smallest absolute Gasteiger partial charge is 0.410 e. The highest BCUT2D eigenvalue weighted by atomic mass is 16.6. The van der Waals surface area contributed by atoms with Crippen LogP contribution in [-0.4, -0.2) is 22.6 Å². The van der Waals surface area contributed by atoms with E-state index in [9.17, 15) is 4.79 Å². The Labute approximate surface area is 127 Å². The normalized spacial score (nSPS) is 14.6. The fourth-order valence-electron chi connectivity index (χ4n) is 2.27. The lowest BCUT2D eigenvalue weighted by Gasteiger charge is -2.27. The molecule has 1 aliphatic rings. The zero-order valence-corrected chi connectivity index (χ0v) is 13.3. The first-order chi connectivity index (χ1) is 9.89. The molecule has 0 unspecified atom stereocenters. The minimum atomic E-state index is -0.449. The predicted octanol–water partition coefficient (Wildman–Crippen LogP) is 4.31. The van der Waals surface area contributed by atoms with Crippen molar-refractivity contribution in [3.63, 3.8) is 0 Å². The second-order valence-corrected chi connectivity index (χ2v) is 6.65. The number of nitrogens with zero attached hydrogens (tertiary/aromatic N) is 1. The Morgan fingerprint density at radius 3 is 2.62 bits per heavy atom. The van der Waals surface area contributed by atoms with Crippen molar-refractivity contribution in [2.45, 2.75) is 58.2 Å². The molecule has 1 amide bonds. The molecule has 1 aromatic carbocycles. The van der Waals surface area contributed by atoms with Crippen LogP contribution in [0, 0.1) is 0 Å².